The zero-order valence-corrected chi connectivity index (χ0v) is 17.6. The van der Waals surface area contributed by atoms with Crippen LogP contribution in [0.5, 0.6) is 0 Å². The average Bonchev–Trinajstić information content (AvgIpc) is 3.57. The van der Waals surface area contributed by atoms with Crippen LogP contribution in [0.15, 0.2) is 81.7 Å². The van der Waals surface area contributed by atoms with E-state index in [1.54, 1.807) is 6.21 Å². The van der Waals surface area contributed by atoms with Crippen LogP contribution in [0.3, 0.4) is 0 Å². The summed E-state index contributed by atoms with van der Waals surface area (Å²) in [6.45, 7) is 1.78. The first-order valence-corrected chi connectivity index (χ1v) is 11.2. The largest absolute Gasteiger partial charge is 0.374 e. The Bertz CT molecular complexity index is 1140. The third-order valence-electron chi connectivity index (χ3n) is 6.88. The minimum Gasteiger partial charge on any atom is -0.374 e. The summed E-state index contributed by atoms with van der Waals surface area (Å²) < 4.78 is 0. The lowest BCUT2D eigenvalue weighted by Gasteiger charge is -2.23. The van der Waals surface area contributed by atoms with E-state index in [1.165, 1.54) is 11.1 Å². The first-order valence-electron chi connectivity index (χ1n) is 11.2. The van der Waals surface area contributed by atoms with Crippen molar-refractivity contribution in [2.75, 3.05) is 13.1 Å². The van der Waals surface area contributed by atoms with Crippen LogP contribution in [0.25, 0.3) is 0 Å². The molecule has 7 nitrogen and oxygen atoms in total. The Labute approximate surface area is 186 Å². The minimum absolute atomic E-state index is 0.00135. The van der Waals surface area contributed by atoms with Crippen molar-refractivity contribution in [3.63, 3.8) is 0 Å². The number of carbonyl (C=O) groups excluding carboxylic acids is 2. The lowest BCUT2D eigenvalue weighted by molar-refractivity contribution is -0.122. The molecule has 32 heavy (non-hydrogen) atoms. The van der Waals surface area contributed by atoms with Crippen molar-refractivity contribution in [1.29, 1.82) is 0 Å². The molecule has 0 spiro atoms. The third kappa shape index (κ3) is 3.29. The van der Waals surface area contributed by atoms with Crippen LogP contribution in [-0.2, 0) is 9.59 Å². The predicted molar refractivity (Wildman–Crippen MR) is 122 cm³/mol. The van der Waals surface area contributed by atoms with Crippen molar-refractivity contribution in [1.82, 2.24) is 21.4 Å². The SMILES string of the molecule is O=C1NN=CC2=C3C(=CC(NC(=O)[C@@H]4C[C@H]4c4ccccc4)C=C13)NC2C1=CCNCC1. The first-order chi connectivity index (χ1) is 15.7. The van der Waals surface area contributed by atoms with Crippen LogP contribution in [0.4, 0.5) is 0 Å². The van der Waals surface area contributed by atoms with Gasteiger partial charge in [0.25, 0.3) is 5.91 Å². The second-order valence-electron chi connectivity index (χ2n) is 8.89. The molecule has 1 saturated carbocycles. The molecule has 2 amide bonds. The Morgan fingerprint density at radius 2 is 2.03 bits per heavy atom. The van der Waals surface area contributed by atoms with Gasteiger partial charge in [-0.3, -0.25) is 9.59 Å². The molecule has 2 unspecified atom stereocenters. The molecule has 1 aromatic carbocycles. The Morgan fingerprint density at radius 1 is 1.16 bits per heavy atom. The summed E-state index contributed by atoms with van der Waals surface area (Å²) in [6.07, 6.45) is 9.63. The highest BCUT2D eigenvalue weighted by Gasteiger charge is 2.45. The lowest BCUT2D eigenvalue weighted by atomic mass is 9.89. The topological polar surface area (TPSA) is 94.6 Å². The standard InChI is InChI=1S/C25H25N5O2/c31-24(18-12-17(18)14-4-2-1-3-5-14)28-16-10-19-22-20(13-27-30-25(19)32)23(29-21(22)11-16)15-6-8-26-9-7-15/h1-6,10-11,13,16-18,23,26,29H,7-9,12H2,(H,28,31)(H,30,32)/t16?,17-,18+,23?/m0/s1. The lowest BCUT2D eigenvalue weighted by Crippen LogP contribution is -2.38. The van der Waals surface area contributed by atoms with Gasteiger partial charge >= 0.3 is 0 Å². The van der Waals surface area contributed by atoms with Crippen molar-refractivity contribution in [2.24, 2.45) is 11.0 Å². The Balaban J connectivity index is 1.25. The highest BCUT2D eigenvalue weighted by atomic mass is 16.2. The van der Waals surface area contributed by atoms with Crippen molar-refractivity contribution in [3.8, 4) is 0 Å². The normalized spacial score (nSPS) is 30.2. The van der Waals surface area contributed by atoms with Crippen LogP contribution in [0.1, 0.15) is 24.3 Å². The summed E-state index contributed by atoms with van der Waals surface area (Å²) in [5.41, 5.74) is 8.48. The van der Waals surface area contributed by atoms with Gasteiger partial charge in [0, 0.05) is 34.9 Å². The van der Waals surface area contributed by atoms with Gasteiger partial charge in [-0.2, -0.15) is 5.10 Å². The maximum atomic E-state index is 12.9. The van der Waals surface area contributed by atoms with E-state index in [0.29, 0.717) is 5.57 Å². The molecule has 162 valence electrons. The molecule has 0 aromatic heterocycles. The van der Waals surface area contributed by atoms with Crippen LogP contribution in [0.2, 0.25) is 0 Å². The van der Waals surface area contributed by atoms with E-state index in [9.17, 15) is 9.59 Å². The third-order valence-corrected chi connectivity index (χ3v) is 6.88. The molecule has 2 aliphatic carbocycles. The van der Waals surface area contributed by atoms with E-state index in [0.717, 1.165) is 42.8 Å². The number of hydrogen-bond acceptors (Lipinski definition) is 5. The molecule has 1 aromatic rings. The predicted octanol–water partition coefficient (Wildman–Crippen LogP) is 1.40. The number of nitrogens with one attached hydrogen (secondary N) is 4. The van der Waals surface area contributed by atoms with Gasteiger partial charge in [-0.25, -0.2) is 5.43 Å². The molecule has 4 N–H and O–H groups in total. The number of nitrogens with zero attached hydrogens (tertiary/aromatic N) is 1. The van der Waals surface area contributed by atoms with Crippen LogP contribution in [-0.4, -0.2) is 43.2 Å². The number of rotatable bonds is 4. The summed E-state index contributed by atoms with van der Waals surface area (Å²) in [4.78, 5) is 25.7. The van der Waals surface area contributed by atoms with Crippen molar-refractivity contribution in [2.45, 2.75) is 30.8 Å². The van der Waals surface area contributed by atoms with E-state index in [2.05, 4.69) is 44.7 Å². The number of allylic oxidation sites excluding steroid dienone is 1. The van der Waals surface area contributed by atoms with E-state index in [4.69, 9.17) is 0 Å². The maximum Gasteiger partial charge on any atom is 0.271 e. The molecule has 7 heteroatoms. The Hall–Kier alpha value is -3.45. The van der Waals surface area contributed by atoms with Crippen molar-refractivity contribution < 1.29 is 9.59 Å². The average molecular weight is 428 g/mol. The van der Waals surface area contributed by atoms with Crippen molar-refractivity contribution >= 4 is 18.0 Å². The Morgan fingerprint density at radius 3 is 2.84 bits per heavy atom. The summed E-state index contributed by atoms with van der Waals surface area (Å²) in [5, 5.41) is 14.2. The van der Waals surface area contributed by atoms with Gasteiger partial charge in [0.05, 0.1) is 18.3 Å². The highest BCUT2D eigenvalue weighted by Crippen LogP contribution is 2.47. The maximum absolute atomic E-state index is 12.9. The molecular weight excluding hydrogens is 402 g/mol. The van der Waals surface area contributed by atoms with E-state index in [-0.39, 0.29) is 35.7 Å². The number of hydrazone groups is 1. The van der Waals surface area contributed by atoms with Crippen molar-refractivity contribution in [3.05, 3.63) is 82.1 Å². The monoisotopic (exact) mass is 427 g/mol. The summed E-state index contributed by atoms with van der Waals surface area (Å²) in [5.74, 6) is 0.0484. The minimum atomic E-state index is -0.341. The quantitative estimate of drug-likeness (QED) is 0.547. The molecule has 3 heterocycles. The van der Waals surface area contributed by atoms with Gasteiger partial charge in [-0.1, -0.05) is 36.4 Å². The molecule has 0 radical (unpaired) electrons. The molecule has 6 rings (SSSR count). The second kappa shape index (κ2) is 7.60. The van der Waals surface area contributed by atoms with Gasteiger partial charge in [0.2, 0.25) is 5.91 Å². The summed E-state index contributed by atoms with van der Waals surface area (Å²) in [7, 11) is 0. The molecular formula is C25H25N5O2. The highest BCUT2D eigenvalue weighted by molar-refractivity contribution is 6.05. The molecule has 3 aliphatic heterocycles. The fourth-order valence-corrected chi connectivity index (χ4v) is 5.18. The molecule has 5 aliphatic rings. The summed E-state index contributed by atoms with van der Waals surface area (Å²) in [6, 6.07) is 9.83. The first kappa shape index (κ1) is 19.3. The number of benzene rings is 1. The smallest absolute Gasteiger partial charge is 0.271 e. The van der Waals surface area contributed by atoms with Crippen LogP contribution >= 0.6 is 0 Å². The Kier molecular flexibility index (Phi) is 4.57. The van der Waals surface area contributed by atoms with Crippen LogP contribution in [0, 0.1) is 5.92 Å². The number of carbonyl (C=O) groups is 2. The van der Waals surface area contributed by atoms with E-state index >= 15 is 0 Å². The molecule has 1 fully saturated rings. The van der Waals surface area contributed by atoms with Gasteiger partial charge in [0.15, 0.2) is 0 Å². The van der Waals surface area contributed by atoms with Gasteiger partial charge in [-0.05, 0) is 48.6 Å². The van der Waals surface area contributed by atoms with E-state index < -0.39 is 0 Å². The number of amides is 2. The molecule has 4 atom stereocenters. The number of hydrogen-bond donors (Lipinski definition) is 4. The van der Waals surface area contributed by atoms with Gasteiger partial charge in [-0.15, -0.1) is 0 Å². The van der Waals surface area contributed by atoms with E-state index in [1.807, 2.05) is 30.4 Å². The molecule has 0 saturated heterocycles. The fraction of sp³-hybridized carbons (Fsp3) is 0.320. The fourth-order valence-electron chi connectivity index (χ4n) is 5.18. The zero-order chi connectivity index (χ0) is 21.7. The summed E-state index contributed by atoms with van der Waals surface area (Å²) >= 11 is 0. The van der Waals surface area contributed by atoms with Gasteiger partial charge in [0.1, 0.15) is 0 Å². The van der Waals surface area contributed by atoms with Gasteiger partial charge < -0.3 is 16.0 Å². The van der Waals surface area contributed by atoms with Crippen LogP contribution < -0.4 is 21.4 Å². The molecule has 0 bridgehead atoms. The second-order valence-corrected chi connectivity index (χ2v) is 8.89. The zero-order valence-electron chi connectivity index (χ0n) is 17.6.